The summed E-state index contributed by atoms with van der Waals surface area (Å²) in [6.07, 6.45) is 0. The number of aryl methyl sites for hydroxylation is 2. The summed E-state index contributed by atoms with van der Waals surface area (Å²) in [4.78, 5) is 21.6. The molecule has 0 aliphatic carbocycles. The molecule has 5 aromatic rings. The van der Waals surface area contributed by atoms with Gasteiger partial charge in [0.1, 0.15) is 0 Å². The van der Waals surface area contributed by atoms with Crippen LogP contribution in [0.15, 0.2) is 93.2 Å². The molecule has 0 saturated heterocycles. The molecule has 3 aromatic carbocycles. The molecule has 0 atom stereocenters. The fraction of sp³-hybridized carbons (Fsp3) is 0.138. The summed E-state index contributed by atoms with van der Waals surface area (Å²) < 4.78 is 7.84. The van der Waals surface area contributed by atoms with Crippen LogP contribution in [0.1, 0.15) is 28.7 Å². The molecule has 0 bridgehead atoms. The lowest BCUT2D eigenvalue weighted by Gasteiger charge is -2.21. The molecule has 0 fully saturated rings. The van der Waals surface area contributed by atoms with E-state index in [1.165, 1.54) is 11.4 Å². The quantitative estimate of drug-likeness (QED) is 0.272. The zero-order chi connectivity index (χ0) is 24.8. The molecule has 36 heavy (non-hydrogen) atoms. The Morgan fingerprint density at radius 1 is 0.861 bits per heavy atom. The molecule has 7 heteroatoms. The summed E-state index contributed by atoms with van der Waals surface area (Å²) in [6.45, 7) is 6.77. The van der Waals surface area contributed by atoms with Crippen LogP contribution in [-0.2, 0) is 0 Å². The van der Waals surface area contributed by atoms with Gasteiger partial charge in [0, 0.05) is 44.5 Å². The largest absolute Gasteiger partial charge is 0.334 e. The molecular weight excluding hydrogens is 468 g/mol. The van der Waals surface area contributed by atoms with Crippen molar-refractivity contribution >= 4 is 23.4 Å². The Bertz CT molecular complexity index is 1580. The molecule has 2 aromatic heterocycles. The lowest BCUT2D eigenvalue weighted by atomic mass is 10.1. The van der Waals surface area contributed by atoms with Crippen LogP contribution in [0.2, 0.25) is 0 Å². The Morgan fingerprint density at radius 3 is 2.33 bits per heavy atom. The minimum absolute atomic E-state index is 0.0164. The lowest BCUT2D eigenvalue weighted by molar-refractivity contribution is 0.0985. The van der Waals surface area contributed by atoms with Gasteiger partial charge in [-0.05, 0) is 87.5 Å². The van der Waals surface area contributed by atoms with Gasteiger partial charge in [-0.2, -0.15) is 4.98 Å². The molecule has 6 rings (SSSR count). The van der Waals surface area contributed by atoms with Crippen LogP contribution in [0.5, 0.6) is 0 Å². The number of anilines is 1. The molecule has 0 spiro atoms. The van der Waals surface area contributed by atoms with Crippen molar-refractivity contribution in [3.8, 4) is 28.5 Å². The van der Waals surface area contributed by atoms with Crippen molar-refractivity contribution in [2.24, 2.45) is 0 Å². The number of aromatic nitrogens is 3. The van der Waals surface area contributed by atoms with Crippen LogP contribution in [-0.4, -0.2) is 27.2 Å². The molecule has 0 N–H and O–H groups in total. The van der Waals surface area contributed by atoms with Crippen molar-refractivity contribution in [1.29, 1.82) is 0 Å². The average molecular weight is 493 g/mol. The van der Waals surface area contributed by atoms with E-state index < -0.39 is 0 Å². The predicted molar refractivity (Wildman–Crippen MR) is 142 cm³/mol. The van der Waals surface area contributed by atoms with Crippen LogP contribution in [0, 0.1) is 13.8 Å². The maximum Gasteiger partial charge on any atom is 0.259 e. The molecule has 178 valence electrons. The molecule has 1 aliphatic heterocycles. The van der Waals surface area contributed by atoms with Gasteiger partial charge in [-0.3, -0.25) is 4.79 Å². The Hall–Kier alpha value is -4.10. The number of hydrogen-bond donors (Lipinski definition) is 0. The van der Waals surface area contributed by atoms with E-state index in [0.717, 1.165) is 37.9 Å². The Labute approximate surface area is 213 Å². The maximum atomic E-state index is 13.2. The van der Waals surface area contributed by atoms with Gasteiger partial charge in [-0.25, -0.2) is 0 Å². The Kier molecular flexibility index (Phi) is 5.49. The van der Waals surface area contributed by atoms with Gasteiger partial charge in [0.25, 0.3) is 11.8 Å². The number of rotatable bonds is 4. The zero-order valence-electron chi connectivity index (χ0n) is 20.2. The van der Waals surface area contributed by atoms with Gasteiger partial charge in [-0.1, -0.05) is 29.1 Å². The molecule has 1 aliphatic rings. The van der Waals surface area contributed by atoms with E-state index in [-0.39, 0.29) is 5.91 Å². The number of hydrogen-bond acceptors (Lipinski definition) is 5. The molecule has 0 unspecified atom stereocenters. The predicted octanol–water partition coefficient (Wildman–Crippen LogP) is 6.94. The van der Waals surface area contributed by atoms with Crippen molar-refractivity contribution in [2.75, 3.05) is 11.4 Å². The normalized spacial score (nSPS) is 12.9. The Balaban J connectivity index is 1.33. The highest BCUT2D eigenvalue weighted by Crippen LogP contribution is 2.42. The smallest absolute Gasteiger partial charge is 0.259 e. The maximum absolute atomic E-state index is 13.2. The monoisotopic (exact) mass is 492 g/mol. The van der Waals surface area contributed by atoms with Crippen molar-refractivity contribution in [1.82, 2.24) is 14.7 Å². The second-order valence-corrected chi connectivity index (χ2v) is 9.84. The molecule has 0 saturated carbocycles. The molecule has 0 radical (unpaired) electrons. The van der Waals surface area contributed by atoms with Crippen LogP contribution in [0.4, 0.5) is 5.69 Å². The van der Waals surface area contributed by atoms with Crippen molar-refractivity contribution < 1.29 is 9.32 Å². The third-order valence-electron chi connectivity index (χ3n) is 6.48. The fourth-order valence-corrected chi connectivity index (χ4v) is 5.78. The molecule has 6 nitrogen and oxygen atoms in total. The molecule has 1 amide bonds. The topological polar surface area (TPSA) is 64.2 Å². The van der Waals surface area contributed by atoms with Gasteiger partial charge in [0.05, 0.1) is 11.3 Å². The van der Waals surface area contributed by atoms with Crippen molar-refractivity contribution in [3.05, 3.63) is 95.8 Å². The highest BCUT2D eigenvalue weighted by molar-refractivity contribution is 7.99. The van der Waals surface area contributed by atoms with Gasteiger partial charge in [0.15, 0.2) is 0 Å². The summed E-state index contributed by atoms with van der Waals surface area (Å²) >= 11 is 1.59. The van der Waals surface area contributed by atoms with Crippen LogP contribution >= 0.6 is 11.8 Å². The first-order valence-corrected chi connectivity index (χ1v) is 12.7. The summed E-state index contributed by atoms with van der Waals surface area (Å²) in [5, 5.41) is 4.25. The van der Waals surface area contributed by atoms with Gasteiger partial charge in [-0.15, -0.1) is 0 Å². The first-order chi connectivity index (χ1) is 17.5. The lowest BCUT2D eigenvalue weighted by Crippen LogP contribution is -2.30. The number of amides is 1. The number of carbonyl (C=O) groups is 1. The number of carbonyl (C=O) groups excluding carboxylic acids is 1. The highest BCUT2D eigenvalue weighted by Gasteiger charge is 2.26. The van der Waals surface area contributed by atoms with Crippen molar-refractivity contribution in [3.63, 3.8) is 0 Å². The van der Waals surface area contributed by atoms with E-state index >= 15 is 0 Å². The SMILES string of the molecule is CCN1C(=O)c2ccccc2Sc2cc(-c3noc(-c4ccc(-n5c(C)ccc5C)cc4)n3)ccc21. The van der Waals surface area contributed by atoms with Gasteiger partial charge >= 0.3 is 0 Å². The first kappa shape index (κ1) is 22.4. The minimum atomic E-state index is 0.0164. The molecular formula is C29H24N4O2S. The first-order valence-electron chi connectivity index (χ1n) is 11.9. The fourth-order valence-electron chi connectivity index (χ4n) is 4.66. The van der Waals surface area contributed by atoms with Crippen LogP contribution in [0.3, 0.4) is 0 Å². The van der Waals surface area contributed by atoms with E-state index in [1.54, 1.807) is 11.8 Å². The third kappa shape index (κ3) is 3.72. The number of fused-ring (bicyclic) bond motifs is 2. The van der Waals surface area contributed by atoms with E-state index in [9.17, 15) is 4.79 Å². The Morgan fingerprint density at radius 2 is 1.58 bits per heavy atom. The van der Waals surface area contributed by atoms with Crippen LogP contribution in [0.25, 0.3) is 28.5 Å². The summed E-state index contributed by atoms with van der Waals surface area (Å²) in [7, 11) is 0. The summed E-state index contributed by atoms with van der Waals surface area (Å²) in [6, 6.07) is 26.0. The number of nitrogens with zero attached hydrogens (tertiary/aromatic N) is 4. The second kappa shape index (κ2) is 8.84. The second-order valence-electron chi connectivity index (χ2n) is 8.75. The van der Waals surface area contributed by atoms with E-state index in [2.05, 4.69) is 52.8 Å². The third-order valence-corrected chi connectivity index (χ3v) is 7.60. The standard InChI is InChI=1S/C29H24N4O2S/c1-4-32-24-16-13-21(17-26(24)36-25-8-6-5-7-23(25)29(32)34)27-30-28(35-31-27)20-11-14-22(15-12-20)33-18(2)9-10-19(33)3/h5-17H,4H2,1-3H3. The highest BCUT2D eigenvalue weighted by atomic mass is 32.2. The summed E-state index contributed by atoms with van der Waals surface area (Å²) in [5.41, 5.74) is 6.78. The zero-order valence-corrected chi connectivity index (χ0v) is 21.0. The van der Waals surface area contributed by atoms with Crippen molar-refractivity contribution in [2.45, 2.75) is 30.6 Å². The number of benzene rings is 3. The molecule has 3 heterocycles. The van der Waals surface area contributed by atoms with E-state index in [0.29, 0.717) is 18.3 Å². The average Bonchev–Trinajstić information content (AvgIpc) is 3.49. The van der Waals surface area contributed by atoms with Gasteiger partial charge < -0.3 is 14.0 Å². The van der Waals surface area contributed by atoms with E-state index in [4.69, 9.17) is 4.52 Å². The van der Waals surface area contributed by atoms with Crippen LogP contribution < -0.4 is 4.90 Å². The van der Waals surface area contributed by atoms with Gasteiger partial charge in [0.2, 0.25) is 5.82 Å². The summed E-state index contributed by atoms with van der Waals surface area (Å²) in [5.74, 6) is 1.000. The minimum Gasteiger partial charge on any atom is -0.334 e. The van der Waals surface area contributed by atoms with E-state index in [1.807, 2.05) is 66.4 Å².